The van der Waals surface area contributed by atoms with Crippen LogP contribution in [0.15, 0.2) is 0 Å². The topological polar surface area (TPSA) is 18.5 Å². The van der Waals surface area contributed by atoms with E-state index in [4.69, 9.17) is 9.47 Å². The van der Waals surface area contributed by atoms with E-state index in [0.29, 0.717) is 16.3 Å². The summed E-state index contributed by atoms with van der Waals surface area (Å²) in [4.78, 5) is 0. The monoisotopic (exact) mass is 299 g/mol. The number of nitrogens with zero attached hydrogens (tertiary/aromatic N) is 1. The maximum atomic E-state index is 5.86. The van der Waals surface area contributed by atoms with Gasteiger partial charge in [0.05, 0.1) is 0 Å². The van der Waals surface area contributed by atoms with Gasteiger partial charge in [0.15, 0.2) is 0 Å². The van der Waals surface area contributed by atoms with Gasteiger partial charge in [0.1, 0.15) is 0 Å². The minimum atomic E-state index is -0.0525. The van der Waals surface area contributed by atoms with E-state index in [1.165, 1.54) is 0 Å². The molecular weight excluding hydrogens is 274 g/mol. The van der Waals surface area contributed by atoms with E-state index in [-0.39, 0.29) is 12.4 Å². The molecule has 15 heavy (non-hydrogen) atoms. The first kappa shape index (κ1) is 13.6. The van der Waals surface area contributed by atoms with Gasteiger partial charge in [0.2, 0.25) is 0 Å². The van der Waals surface area contributed by atoms with Crippen LogP contribution < -0.4 is 0 Å². The Labute approximate surface area is 105 Å². The predicted octanol–water partition coefficient (Wildman–Crippen LogP) is 1.42. The molecule has 0 aromatic carbocycles. The zero-order valence-electron chi connectivity index (χ0n) is 10.6. The SMILES string of the molecule is COC1OC(C)[C@@H](C)C([N+](C)(C)C)[CH]1[Mo]. The molecular formula is C11H23MoNO2+. The molecule has 0 N–H and O–H groups in total. The summed E-state index contributed by atoms with van der Waals surface area (Å²) in [6.45, 7) is 4.43. The molecule has 0 aromatic rings. The Morgan fingerprint density at radius 2 is 1.73 bits per heavy atom. The number of quaternary nitrogens is 1. The third-order valence-electron chi connectivity index (χ3n) is 3.36. The van der Waals surface area contributed by atoms with E-state index in [1.807, 2.05) is 0 Å². The molecule has 0 amide bonds. The van der Waals surface area contributed by atoms with Gasteiger partial charge in [0.25, 0.3) is 0 Å². The van der Waals surface area contributed by atoms with Crippen LogP contribution in [0.3, 0.4) is 0 Å². The van der Waals surface area contributed by atoms with Gasteiger partial charge in [-0.1, -0.05) is 0 Å². The van der Waals surface area contributed by atoms with Crippen LogP contribution in [0.1, 0.15) is 13.8 Å². The third-order valence-corrected chi connectivity index (χ3v) is 4.59. The van der Waals surface area contributed by atoms with Gasteiger partial charge >= 0.3 is 105 Å². The zero-order valence-corrected chi connectivity index (χ0v) is 12.6. The number of hydrogen-bond donors (Lipinski definition) is 0. The van der Waals surface area contributed by atoms with Crippen molar-refractivity contribution >= 4 is 0 Å². The number of ether oxygens (including phenoxy) is 2. The third kappa shape index (κ3) is 2.82. The second-order valence-electron chi connectivity index (χ2n) is 5.38. The van der Waals surface area contributed by atoms with Crippen molar-refractivity contribution < 1.29 is 33.8 Å². The Kier molecular flexibility index (Phi) is 4.39. The molecule has 3 nitrogen and oxygen atoms in total. The first-order valence-electron chi connectivity index (χ1n) is 5.44. The van der Waals surface area contributed by atoms with Crippen LogP contribution in [-0.4, -0.2) is 51.2 Å². The normalized spacial score (nSPS) is 42.9. The van der Waals surface area contributed by atoms with E-state index in [1.54, 1.807) is 7.11 Å². The quantitative estimate of drug-likeness (QED) is 0.567. The summed E-state index contributed by atoms with van der Waals surface area (Å²) in [5, 5.41) is 0. The van der Waals surface area contributed by atoms with E-state index < -0.39 is 0 Å². The van der Waals surface area contributed by atoms with Crippen molar-refractivity contribution in [3.8, 4) is 0 Å². The molecule has 4 unspecified atom stereocenters. The molecule has 0 aromatic heterocycles. The fraction of sp³-hybridized carbons (Fsp3) is 1.00. The van der Waals surface area contributed by atoms with Gasteiger partial charge in [-0.2, -0.15) is 0 Å². The molecule has 4 heteroatoms. The molecule has 0 saturated carbocycles. The summed E-state index contributed by atoms with van der Waals surface area (Å²) in [5.74, 6) is 0.564. The van der Waals surface area contributed by atoms with Crippen LogP contribution >= 0.6 is 0 Å². The zero-order chi connectivity index (χ0) is 11.8. The summed E-state index contributed by atoms with van der Waals surface area (Å²) >= 11 is 2.15. The van der Waals surface area contributed by atoms with Crippen LogP contribution in [0.25, 0.3) is 0 Å². The van der Waals surface area contributed by atoms with E-state index in [0.717, 1.165) is 4.48 Å². The Morgan fingerprint density at radius 3 is 2.13 bits per heavy atom. The van der Waals surface area contributed by atoms with Crippen molar-refractivity contribution in [1.29, 1.82) is 0 Å². The molecule has 1 aliphatic heterocycles. The summed E-state index contributed by atoms with van der Waals surface area (Å²) in [6.07, 6.45) is 0.221. The summed E-state index contributed by atoms with van der Waals surface area (Å²) in [7, 11) is 8.50. The Hall–Kier alpha value is 0.568. The molecule has 0 spiro atoms. The summed E-state index contributed by atoms with van der Waals surface area (Å²) < 4.78 is 12.7. The van der Waals surface area contributed by atoms with Crippen molar-refractivity contribution in [2.45, 2.75) is 36.6 Å². The molecule has 1 fully saturated rings. The number of methoxy groups -OCH3 is 1. The van der Waals surface area contributed by atoms with Gasteiger partial charge in [-0.15, -0.1) is 0 Å². The molecule has 0 radical (unpaired) electrons. The maximum absolute atomic E-state index is 5.86. The van der Waals surface area contributed by atoms with Crippen molar-refractivity contribution in [3.63, 3.8) is 0 Å². The van der Waals surface area contributed by atoms with Crippen LogP contribution in [0.2, 0.25) is 4.31 Å². The first-order chi connectivity index (χ1) is 6.79. The molecule has 0 bridgehead atoms. The molecule has 89 valence electrons. The van der Waals surface area contributed by atoms with E-state index in [9.17, 15) is 0 Å². The molecule has 1 rings (SSSR count). The standard InChI is InChI=1S/C11H23NO2.Mo/c1-8-9(2)14-11(13-6)7-10(8)12(3,4)5;/h7-11H,1-6H3;/q+1;/t8-,9?,10?,11?;/m1./s1. The van der Waals surface area contributed by atoms with Crippen LogP contribution in [0.4, 0.5) is 0 Å². The first-order valence-corrected chi connectivity index (χ1v) is 6.60. The Balaban J connectivity index is 2.90. The number of hydrogen-bond acceptors (Lipinski definition) is 2. The van der Waals surface area contributed by atoms with Gasteiger partial charge in [-0.25, -0.2) is 0 Å². The summed E-state index contributed by atoms with van der Waals surface area (Å²) in [6, 6.07) is 0.587. The molecule has 1 saturated heterocycles. The van der Waals surface area contributed by atoms with Crippen molar-refractivity contribution in [2.75, 3.05) is 28.3 Å². The van der Waals surface area contributed by atoms with Crippen LogP contribution in [0, 0.1) is 5.92 Å². The van der Waals surface area contributed by atoms with Gasteiger partial charge in [-0.3, -0.25) is 0 Å². The van der Waals surface area contributed by atoms with E-state index in [2.05, 4.69) is 54.8 Å². The average molecular weight is 297 g/mol. The fourth-order valence-corrected chi connectivity index (χ4v) is 4.42. The van der Waals surface area contributed by atoms with Crippen LogP contribution in [0.5, 0.6) is 0 Å². The van der Waals surface area contributed by atoms with Gasteiger partial charge < -0.3 is 0 Å². The van der Waals surface area contributed by atoms with Crippen molar-refractivity contribution in [3.05, 3.63) is 0 Å². The van der Waals surface area contributed by atoms with Gasteiger partial charge in [-0.05, 0) is 0 Å². The second-order valence-corrected chi connectivity index (χ2v) is 6.71. The second kappa shape index (κ2) is 4.83. The molecule has 5 atom stereocenters. The summed E-state index contributed by atoms with van der Waals surface area (Å²) in [5.41, 5.74) is 0. The Bertz CT molecular complexity index is 217. The molecule has 1 heterocycles. The van der Waals surface area contributed by atoms with Crippen LogP contribution in [-0.2, 0) is 29.3 Å². The fourth-order valence-electron chi connectivity index (χ4n) is 2.49. The Morgan fingerprint density at radius 1 is 1.20 bits per heavy atom. The molecule has 0 aliphatic carbocycles. The average Bonchev–Trinajstić information content (AvgIpc) is 2.09. The predicted molar refractivity (Wildman–Crippen MR) is 56.1 cm³/mol. The van der Waals surface area contributed by atoms with Crippen molar-refractivity contribution in [2.24, 2.45) is 5.92 Å². The van der Waals surface area contributed by atoms with Crippen molar-refractivity contribution in [1.82, 2.24) is 0 Å². The number of rotatable bonds is 2. The minimum absolute atomic E-state index is 0.0525. The van der Waals surface area contributed by atoms with Gasteiger partial charge in [0, 0.05) is 0 Å². The molecule has 1 aliphatic rings. The van der Waals surface area contributed by atoms with E-state index >= 15 is 0 Å².